The predicted molar refractivity (Wildman–Crippen MR) is 312 cm³/mol. The molecule has 502 valence electrons. The summed E-state index contributed by atoms with van der Waals surface area (Å²) in [6.07, 6.45) is -9.33. The van der Waals surface area contributed by atoms with Gasteiger partial charge in [0, 0.05) is 136 Å². The molecule has 0 aromatic heterocycles. The molecule has 15 atom stereocenters. The Hall–Kier alpha value is -6.12. The van der Waals surface area contributed by atoms with Gasteiger partial charge in [0.25, 0.3) is 0 Å². The molecule has 33 heteroatoms. The van der Waals surface area contributed by atoms with Crippen LogP contribution < -0.4 is 0 Å². The highest BCUT2D eigenvalue weighted by Crippen LogP contribution is 2.43. The van der Waals surface area contributed by atoms with Crippen LogP contribution in [0.4, 0.5) is 0 Å². The third-order valence-electron chi connectivity index (χ3n) is 13.3. The van der Waals surface area contributed by atoms with Crippen LogP contribution in [0.25, 0.3) is 10.4 Å². The van der Waals surface area contributed by atoms with E-state index in [0.29, 0.717) is 0 Å². The molecule has 0 spiro atoms. The second-order valence-electron chi connectivity index (χ2n) is 21.2. The topological polar surface area (TPSA) is 392 Å². The Morgan fingerprint density at radius 2 is 0.551 bits per heavy atom. The van der Waals surface area contributed by atoms with Crippen molar-refractivity contribution in [3.63, 3.8) is 0 Å². The molecule has 0 aliphatic carbocycles. The second-order valence-corrected chi connectivity index (χ2v) is 25.6. The molecule has 3 fully saturated rings. The number of ether oxygens (including phenoxy) is 15. The van der Waals surface area contributed by atoms with E-state index in [0.717, 1.165) is 62.3 Å². The van der Waals surface area contributed by atoms with Crippen molar-refractivity contribution >= 4 is 107 Å². The van der Waals surface area contributed by atoms with E-state index < -0.39 is 163 Å². The molecule has 30 nitrogen and oxygen atoms in total. The molecule has 0 aromatic rings. The minimum absolute atomic E-state index is 0.0215. The summed E-state index contributed by atoms with van der Waals surface area (Å²) in [6.45, 7) is 12.5. The Bertz CT molecular complexity index is 2240. The number of rotatable bonds is 35. The molecule has 0 N–H and O–H groups in total. The summed E-state index contributed by atoms with van der Waals surface area (Å²) in [4.78, 5) is 151. The normalized spacial score (nSPS) is 27.0. The molecule has 0 bridgehead atoms. The quantitative estimate of drug-likeness (QED) is 0.0214. The van der Waals surface area contributed by atoms with Crippen LogP contribution in [0.2, 0.25) is 0 Å². The van der Waals surface area contributed by atoms with Crippen molar-refractivity contribution in [3.05, 3.63) is 10.4 Å². The zero-order valence-electron chi connectivity index (χ0n) is 52.1. The summed E-state index contributed by atoms with van der Waals surface area (Å²) in [7, 11) is 0. The molecule has 0 aromatic carbocycles. The van der Waals surface area contributed by atoms with Crippen molar-refractivity contribution in [1.82, 2.24) is 0 Å². The number of hydrogen-bond donors (Lipinski definition) is 0. The van der Waals surface area contributed by atoms with Crippen LogP contribution in [0.5, 0.6) is 0 Å². The maximum Gasteiger partial charge on any atom is 0.303 e. The number of nitrogens with zero attached hydrogens (tertiary/aromatic N) is 3. The van der Waals surface area contributed by atoms with Gasteiger partial charge in [0.2, 0.25) is 0 Å². The van der Waals surface area contributed by atoms with Gasteiger partial charge in [0.1, 0.15) is 19.8 Å². The molecule has 0 saturated carbocycles. The average molecular weight is 1330 g/mol. The Morgan fingerprint density at radius 3 is 0.753 bits per heavy atom. The van der Waals surface area contributed by atoms with Gasteiger partial charge in [0.15, 0.2) is 54.9 Å². The number of carbonyl (C=O) groups is 12. The first kappa shape index (κ1) is 77.1. The van der Waals surface area contributed by atoms with Crippen LogP contribution in [0.1, 0.15) is 122 Å². The van der Waals surface area contributed by atoms with Gasteiger partial charge in [-0.05, 0) is 44.1 Å². The van der Waals surface area contributed by atoms with Gasteiger partial charge in [-0.25, -0.2) is 0 Å². The SMILES string of the molecule is CC(=O)OC[C@H]1S[C@H](CCCOCC(CN=[N+]=[N-])(COCCC[C@@H]2S[C@H](COC(C)=O)[C@@H](OC(C)=O)[C@H](OC(C)=O)[C@H]2OC(C)=O)COCCC[C@H]2S[C@H](COC(C)=O)[C@@H](OC(C)=O)[C@H](OC(C)=O)[C@@H]2OC(C)=O)[C@@H](OC(C)=O)[C@@H](OC(C)=O)[C@@H]1OC(C)=O. The van der Waals surface area contributed by atoms with Crippen LogP contribution in [0.15, 0.2) is 5.11 Å². The lowest BCUT2D eigenvalue weighted by molar-refractivity contribution is -0.186. The number of thioether (sulfide) groups is 3. The van der Waals surface area contributed by atoms with Crippen molar-refractivity contribution in [2.24, 2.45) is 10.5 Å². The summed E-state index contributed by atoms with van der Waals surface area (Å²) in [5.74, 6) is -8.50. The molecule has 0 radical (unpaired) electrons. The second kappa shape index (κ2) is 39.2. The minimum Gasteiger partial charge on any atom is -0.465 e. The van der Waals surface area contributed by atoms with E-state index in [2.05, 4.69) is 10.0 Å². The largest absolute Gasteiger partial charge is 0.465 e. The molecule has 3 saturated heterocycles. The summed E-state index contributed by atoms with van der Waals surface area (Å²) < 4.78 is 85.8. The Balaban J connectivity index is 1.97. The average Bonchev–Trinajstić information content (AvgIpc) is 1.95. The number of esters is 12. The van der Waals surface area contributed by atoms with E-state index in [9.17, 15) is 63.1 Å². The van der Waals surface area contributed by atoms with Crippen LogP contribution >= 0.6 is 35.3 Å². The molecule has 3 aliphatic heterocycles. The van der Waals surface area contributed by atoms with Gasteiger partial charge < -0.3 is 71.1 Å². The Morgan fingerprint density at radius 1 is 0.337 bits per heavy atom. The summed E-state index contributed by atoms with van der Waals surface area (Å²) >= 11 is 3.61. The minimum atomic E-state index is -1.29. The first-order valence-electron chi connectivity index (χ1n) is 28.6. The summed E-state index contributed by atoms with van der Waals surface area (Å²) in [5.41, 5.74) is 8.49. The Labute approximate surface area is 528 Å². The van der Waals surface area contributed by atoms with E-state index in [1.54, 1.807) is 0 Å². The Kier molecular flexibility index (Phi) is 34.0. The van der Waals surface area contributed by atoms with E-state index >= 15 is 0 Å². The highest BCUT2D eigenvalue weighted by molar-refractivity contribution is 8.01. The van der Waals surface area contributed by atoms with E-state index in [1.807, 2.05) is 0 Å². The molecule has 3 heterocycles. The van der Waals surface area contributed by atoms with Crippen LogP contribution in [-0.4, -0.2) is 224 Å². The van der Waals surface area contributed by atoms with Crippen LogP contribution in [-0.2, 0) is 129 Å². The fraction of sp³-hybridized carbons (Fsp3) is 0.786. The fourth-order valence-corrected chi connectivity index (χ4v) is 15.0. The smallest absolute Gasteiger partial charge is 0.303 e. The monoisotopic (exact) mass is 1330 g/mol. The lowest BCUT2D eigenvalue weighted by Gasteiger charge is -2.44. The molecule has 3 aliphatic rings. The van der Waals surface area contributed by atoms with Crippen molar-refractivity contribution in [3.8, 4) is 0 Å². The predicted octanol–water partition coefficient (Wildman–Crippen LogP) is 4.20. The van der Waals surface area contributed by atoms with Gasteiger partial charge in [-0.1, -0.05) is 5.11 Å². The standard InChI is InChI=1S/C56H83N3O27S3/c1-29(60)75-22-44-50(81-35(7)66)53(84-38(10)69)47(78-32(4)63)41(87-44)16-13-19-72-26-56(25-58-59-57,27-73-20-14-17-42-48(79-33(5)64)54(85-39(11)70)51(82-36(8)67)45(88-42)23-76-30(2)61)28-74-21-15-18-43-49(80-34(6)65)55(86-40(12)71)52(83-37(9)68)46(89-43)24-77-31(3)62/h41-55H,13-28H2,1-12H3/t41-,42-,43+,44-,45-,46-,47-,48-,49+,50-,51-,52-,53-,54-,55-/m1/s1. The summed E-state index contributed by atoms with van der Waals surface area (Å²) in [6, 6.07) is 0. The van der Waals surface area contributed by atoms with Gasteiger partial charge >= 0.3 is 71.6 Å². The number of azide groups is 1. The van der Waals surface area contributed by atoms with Crippen molar-refractivity contribution in [1.29, 1.82) is 0 Å². The van der Waals surface area contributed by atoms with Crippen LogP contribution in [0.3, 0.4) is 0 Å². The molecule has 0 unspecified atom stereocenters. The van der Waals surface area contributed by atoms with Gasteiger partial charge in [-0.2, -0.15) is 0 Å². The number of hydrogen-bond acceptors (Lipinski definition) is 31. The number of carbonyl (C=O) groups excluding carboxylic acids is 12. The molecule has 89 heavy (non-hydrogen) atoms. The molecular weight excluding hydrogens is 1240 g/mol. The summed E-state index contributed by atoms with van der Waals surface area (Å²) in [5, 5.41) is -0.292. The van der Waals surface area contributed by atoms with E-state index in [1.165, 1.54) is 56.1 Å². The van der Waals surface area contributed by atoms with Crippen molar-refractivity contribution in [2.45, 2.75) is 208 Å². The van der Waals surface area contributed by atoms with Gasteiger partial charge in [0.05, 0.1) is 35.6 Å². The lowest BCUT2D eigenvalue weighted by Crippen LogP contribution is -2.58. The highest BCUT2D eigenvalue weighted by atomic mass is 32.2. The highest BCUT2D eigenvalue weighted by Gasteiger charge is 2.54. The zero-order chi connectivity index (χ0) is 66.5. The molecular formula is C56H83N3O27S3. The first-order chi connectivity index (χ1) is 41.9. The third kappa shape index (κ3) is 27.9. The van der Waals surface area contributed by atoms with Crippen LogP contribution in [0, 0.1) is 5.41 Å². The van der Waals surface area contributed by atoms with E-state index in [-0.39, 0.29) is 105 Å². The molecule has 3 rings (SSSR count). The van der Waals surface area contributed by atoms with Gasteiger partial charge in [-0.3, -0.25) is 57.5 Å². The van der Waals surface area contributed by atoms with Crippen molar-refractivity contribution < 1.29 is 129 Å². The third-order valence-corrected chi connectivity index (χ3v) is 18.1. The molecule has 0 amide bonds. The van der Waals surface area contributed by atoms with Crippen molar-refractivity contribution in [2.75, 3.05) is 66.0 Å². The zero-order valence-corrected chi connectivity index (χ0v) is 54.5. The maximum absolute atomic E-state index is 12.5. The van der Waals surface area contributed by atoms with E-state index in [4.69, 9.17) is 71.1 Å². The fourth-order valence-electron chi connectivity index (χ4n) is 10.1. The maximum atomic E-state index is 12.5. The van der Waals surface area contributed by atoms with Gasteiger partial charge in [-0.15, -0.1) is 35.3 Å². The first-order valence-corrected chi connectivity index (χ1v) is 31.4. The lowest BCUT2D eigenvalue weighted by atomic mass is 9.91.